The van der Waals surface area contributed by atoms with Gasteiger partial charge >= 0.3 is 0 Å². The monoisotopic (exact) mass is 440 g/mol. The number of piperidine rings is 1. The van der Waals surface area contributed by atoms with Crippen molar-refractivity contribution in [2.24, 2.45) is 5.92 Å². The topological polar surface area (TPSA) is 67.9 Å². The van der Waals surface area contributed by atoms with Crippen molar-refractivity contribution in [2.45, 2.75) is 26.3 Å². The first-order valence-corrected chi connectivity index (χ1v) is 10.6. The Morgan fingerprint density at radius 2 is 1.75 bits per heavy atom. The first-order valence-electron chi connectivity index (χ1n) is 10.6. The number of rotatable bonds is 7. The van der Waals surface area contributed by atoms with Crippen LogP contribution in [0.1, 0.15) is 29.5 Å². The van der Waals surface area contributed by atoms with E-state index >= 15 is 0 Å². The van der Waals surface area contributed by atoms with Crippen molar-refractivity contribution in [2.75, 3.05) is 27.3 Å². The number of carbonyl (C=O) groups is 2. The van der Waals surface area contributed by atoms with Crippen LogP contribution >= 0.6 is 0 Å². The van der Waals surface area contributed by atoms with E-state index in [1.54, 1.807) is 44.3 Å². The van der Waals surface area contributed by atoms with E-state index in [1.807, 2.05) is 18.2 Å². The highest BCUT2D eigenvalue weighted by molar-refractivity contribution is 5.92. The maximum Gasteiger partial charge on any atom is 0.246 e. The van der Waals surface area contributed by atoms with E-state index in [-0.39, 0.29) is 23.5 Å². The average molecular weight is 441 g/mol. The summed E-state index contributed by atoms with van der Waals surface area (Å²) in [4.78, 5) is 26.8. The maximum atomic E-state index is 13.7. The second kappa shape index (κ2) is 10.8. The summed E-state index contributed by atoms with van der Waals surface area (Å²) in [6.07, 6.45) is 4.45. The molecule has 0 spiro atoms. The molecule has 170 valence electrons. The van der Waals surface area contributed by atoms with Gasteiger partial charge in [0, 0.05) is 37.7 Å². The van der Waals surface area contributed by atoms with Crippen LogP contribution in [-0.4, -0.2) is 44.0 Å². The normalized spacial score (nSPS) is 14.4. The lowest BCUT2D eigenvalue weighted by atomic mass is 9.95. The first-order chi connectivity index (χ1) is 15.4. The van der Waals surface area contributed by atoms with Gasteiger partial charge < -0.3 is 19.7 Å². The molecule has 0 unspecified atom stereocenters. The van der Waals surface area contributed by atoms with Crippen LogP contribution in [0.4, 0.5) is 4.39 Å². The predicted octanol–water partition coefficient (Wildman–Crippen LogP) is 3.72. The number of nitrogens with one attached hydrogen (secondary N) is 1. The average Bonchev–Trinajstić information content (AvgIpc) is 2.82. The van der Waals surface area contributed by atoms with Gasteiger partial charge in [-0.1, -0.05) is 12.1 Å². The Morgan fingerprint density at radius 3 is 2.34 bits per heavy atom. The van der Waals surface area contributed by atoms with E-state index in [9.17, 15) is 14.0 Å². The van der Waals surface area contributed by atoms with Crippen molar-refractivity contribution >= 4 is 17.9 Å². The fourth-order valence-electron chi connectivity index (χ4n) is 3.64. The van der Waals surface area contributed by atoms with Crippen LogP contribution in [0.5, 0.6) is 11.5 Å². The van der Waals surface area contributed by atoms with Gasteiger partial charge in [-0.3, -0.25) is 9.59 Å². The third-order valence-electron chi connectivity index (χ3n) is 5.67. The zero-order valence-electron chi connectivity index (χ0n) is 18.7. The molecule has 0 aliphatic carbocycles. The molecule has 3 rings (SSSR count). The minimum Gasteiger partial charge on any atom is -0.497 e. The van der Waals surface area contributed by atoms with Gasteiger partial charge in [-0.15, -0.1) is 0 Å². The Bertz CT molecular complexity index is 975. The summed E-state index contributed by atoms with van der Waals surface area (Å²) >= 11 is 0. The summed E-state index contributed by atoms with van der Waals surface area (Å²) in [7, 11) is 3.15. The SMILES string of the molecule is COc1cc(/C=C/C(=O)N2CCC(C(=O)NCc3ccc(C)c(F)c3)CC2)cc(OC)c1. The molecule has 1 aliphatic rings. The van der Waals surface area contributed by atoms with Gasteiger partial charge in [-0.25, -0.2) is 4.39 Å². The van der Waals surface area contributed by atoms with Gasteiger partial charge in [-0.2, -0.15) is 0 Å². The molecule has 32 heavy (non-hydrogen) atoms. The van der Waals surface area contributed by atoms with Crippen LogP contribution in [0.3, 0.4) is 0 Å². The Kier molecular flexibility index (Phi) is 7.87. The van der Waals surface area contributed by atoms with Crippen LogP contribution in [0, 0.1) is 18.7 Å². The third-order valence-corrected chi connectivity index (χ3v) is 5.67. The molecule has 0 radical (unpaired) electrons. The minimum absolute atomic E-state index is 0.0582. The lowest BCUT2D eigenvalue weighted by Gasteiger charge is -2.30. The van der Waals surface area contributed by atoms with Crippen molar-refractivity contribution in [3.63, 3.8) is 0 Å². The summed E-state index contributed by atoms with van der Waals surface area (Å²) in [6.45, 7) is 3.03. The number of likely N-dealkylation sites (tertiary alicyclic amines) is 1. The summed E-state index contributed by atoms with van der Waals surface area (Å²) < 4.78 is 24.2. The number of benzene rings is 2. The molecule has 1 aliphatic heterocycles. The highest BCUT2D eigenvalue weighted by Crippen LogP contribution is 2.24. The van der Waals surface area contributed by atoms with Gasteiger partial charge in [0.25, 0.3) is 0 Å². The van der Waals surface area contributed by atoms with Gasteiger partial charge in [0.2, 0.25) is 11.8 Å². The highest BCUT2D eigenvalue weighted by atomic mass is 19.1. The lowest BCUT2D eigenvalue weighted by Crippen LogP contribution is -2.42. The largest absolute Gasteiger partial charge is 0.497 e. The van der Waals surface area contributed by atoms with Crippen LogP contribution in [0.15, 0.2) is 42.5 Å². The molecule has 1 fully saturated rings. The van der Waals surface area contributed by atoms with Gasteiger partial charge in [0.1, 0.15) is 17.3 Å². The minimum atomic E-state index is -0.274. The number of halogens is 1. The molecule has 2 aromatic rings. The van der Waals surface area contributed by atoms with Crippen LogP contribution in [0.25, 0.3) is 6.08 Å². The molecule has 2 aromatic carbocycles. The van der Waals surface area contributed by atoms with Crippen molar-refractivity contribution in [1.82, 2.24) is 10.2 Å². The molecular formula is C25H29FN2O4. The van der Waals surface area contributed by atoms with Crippen LogP contribution in [0.2, 0.25) is 0 Å². The standard InChI is InChI=1S/C25H29FN2O4/c1-17-4-5-19(14-23(17)26)16-27-25(30)20-8-10-28(11-9-20)24(29)7-6-18-12-21(31-2)15-22(13-18)32-3/h4-7,12-15,20H,8-11,16H2,1-3H3,(H,27,30)/b7-6+. The zero-order chi connectivity index (χ0) is 23.1. The summed E-state index contributed by atoms with van der Waals surface area (Å²) in [5.41, 5.74) is 2.11. The van der Waals surface area contributed by atoms with Gasteiger partial charge in [0.05, 0.1) is 14.2 Å². The number of carbonyl (C=O) groups excluding carboxylic acids is 2. The molecule has 0 aromatic heterocycles. The number of amides is 2. The summed E-state index contributed by atoms with van der Waals surface area (Å²) in [5, 5.41) is 2.88. The Morgan fingerprint density at radius 1 is 1.09 bits per heavy atom. The molecule has 0 atom stereocenters. The van der Waals surface area contributed by atoms with E-state index in [0.717, 1.165) is 11.1 Å². The number of nitrogens with zero attached hydrogens (tertiary/aromatic N) is 1. The predicted molar refractivity (Wildman–Crippen MR) is 121 cm³/mol. The third kappa shape index (κ3) is 6.09. The summed E-state index contributed by atoms with van der Waals surface area (Å²) in [6, 6.07) is 10.4. The molecule has 1 heterocycles. The Balaban J connectivity index is 1.49. The molecule has 1 N–H and O–H groups in total. The quantitative estimate of drug-likeness (QED) is 0.667. The molecule has 2 amide bonds. The number of methoxy groups -OCH3 is 2. The maximum absolute atomic E-state index is 13.7. The second-order valence-corrected chi connectivity index (χ2v) is 7.88. The van der Waals surface area contributed by atoms with Gasteiger partial charge in [-0.05, 0) is 60.7 Å². The number of ether oxygens (including phenoxy) is 2. The van der Waals surface area contributed by atoms with Gasteiger partial charge in [0.15, 0.2) is 0 Å². The van der Waals surface area contributed by atoms with Crippen molar-refractivity contribution < 1.29 is 23.5 Å². The zero-order valence-corrected chi connectivity index (χ0v) is 18.7. The van der Waals surface area contributed by atoms with Crippen molar-refractivity contribution in [1.29, 1.82) is 0 Å². The molecule has 1 saturated heterocycles. The second-order valence-electron chi connectivity index (χ2n) is 7.88. The van der Waals surface area contributed by atoms with E-state index in [2.05, 4.69) is 5.32 Å². The molecule has 0 saturated carbocycles. The van der Waals surface area contributed by atoms with E-state index < -0.39 is 0 Å². The molecular weight excluding hydrogens is 411 g/mol. The van der Waals surface area contributed by atoms with E-state index in [1.165, 1.54) is 12.1 Å². The van der Waals surface area contributed by atoms with Crippen molar-refractivity contribution in [3.8, 4) is 11.5 Å². The summed E-state index contributed by atoms with van der Waals surface area (Å²) in [5.74, 6) is 0.719. The van der Waals surface area contributed by atoms with Crippen molar-refractivity contribution in [3.05, 3.63) is 65.0 Å². The highest BCUT2D eigenvalue weighted by Gasteiger charge is 2.26. The Hall–Kier alpha value is -3.35. The fourth-order valence-corrected chi connectivity index (χ4v) is 3.64. The smallest absolute Gasteiger partial charge is 0.246 e. The number of hydrogen-bond acceptors (Lipinski definition) is 4. The van der Waals surface area contributed by atoms with Crippen LogP contribution < -0.4 is 14.8 Å². The number of hydrogen-bond donors (Lipinski definition) is 1. The van der Waals surface area contributed by atoms with E-state index in [4.69, 9.17) is 9.47 Å². The molecule has 6 nitrogen and oxygen atoms in total. The lowest BCUT2D eigenvalue weighted by molar-refractivity contribution is -0.132. The fraction of sp³-hybridized carbons (Fsp3) is 0.360. The number of aryl methyl sites for hydroxylation is 1. The molecule has 7 heteroatoms. The molecule has 0 bridgehead atoms. The van der Waals surface area contributed by atoms with Crippen LogP contribution in [-0.2, 0) is 16.1 Å². The van der Waals surface area contributed by atoms with E-state index in [0.29, 0.717) is 49.5 Å². The first kappa shape index (κ1) is 23.3. The Labute approximate surface area is 188 Å².